The lowest BCUT2D eigenvalue weighted by atomic mass is 10.2. The molecule has 0 aromatic heterocycles. The van der Waals surface area contributed by atoms with Crippen LogP contribution in [0, 0.1) is 0 Å². The van der Waals surface area contributed by atoms with Gasteiger partial charge in [-0.3, -0.25) is 0 Å². The van der Waals surface area contributed by atoms with E-state index < -0.39 is 23.5 Å². The van der Waals surface area contributed by atoms with E-state index in [2.05, 4.69) is 10.1 Å². The largest absolute Gasteiger partial charge is 0.461 e. The van der Waals surface area contributed by atoms with Crippen molar-refractivity contribution in [2.24, 2.45) is 0 Å². The predicted molar refractivity (Wildman–Crippen MR) is 60.1 cm³/mol. The van der Waals surface area contributed by atoms with Crippen molar-refractivity contribution < 1.29 is 23.5 Å². The summed E-state index contributed by atoms with van der Waals surface area (Å²) in [6.07, 6.45) is 0.243. The first-order valence-electron chi connectivity index (χ1n) is 5.26. The van der Waals surface area contributed by atoms with Gasteiger partial charge in [0.25, 0.3) is 0 Å². The number of nitrogens with one attached hydrogen (secondary N) is 1. The molecule has 5 nitrogen and oxygen atoms in total. The van der Waals surface area contributed by atoms with Crippen LogP contribution in [-0.4, -0.2) is 30.8 Å². The molecule has 6 heteroatoms. The summed E-state index contributed by atoms with van der Waals surface area (Å²) in [6, 6.07) is 0. The van der Waals surface area contributed by atoms with Gasteiger partial charge in [0.2, 0.25) is 5.83 Å². The summed E-state index contributed by atoms with van der Waals surface area (Å²) in [5.41, 5.74) is -0.618. The van der Waals surface area contributed by atoms with Crippen LogP contribution in [0.4, 0.5) is 9.18 Å². The molecular weight excluding hydrogens is 229 g/mol. The van der Waals surface area contributed by atoms with Gasteiger partial charge in [-0.1, -0.05) is 0 Å². The van der Waals surface area contributed by atoms with E-state index in [9.17, 15) is 14.0 Å². The summed E-state index contributed by atoms with van der Waals surface area (Å²) in [5, 5.41) is 2.28. The highest BCUT2D eigenvalue weighted by Crippen LogP contribution is 2.06. The number of ether oxygens (including phenoxy) is 2. The normalized spacial score (nSPS) is 11.9. The van der Waals surface area contributed by atoms with Crippen molar-refractivity contribution >= 4 is 12.1 Å². The van der Waals surface area contributed by atoms with Crippen molar-refractivity contribution in [1.82, 2.24) is 5.32 Å². The maximum absolute atomic E-state index is 13.0. The summed E-state index contributed by atoms with van der Waals surface area (Å²) < 4.78 is 22.3. The summed E-state index contributed by atoms with van der Waals surface area (Å²) in [7, 11) is 0. The molecule has 0 unspecified atom stereocenters. The SMILES string of the molecule is CCOC(=O)/C(F)=C/CNC(=O)OC(C)(C)C. The minimum atomic E-state index is -1.04. The van der Waals surface area contributed by atoms with Crippen LogP contribution in [0.25, 0.3) is 0 Å². The van der Waals surface area contributed by atoms with Crippen molar-refractivity contribution in [3.63, 3.8) is 0 Å². The van der Waals surface area contributed by atoms with Gasteiger partial charge in [-0.25, -0.2) is 9.59 Å². The van der Waals surface area contributed by atoms with E-state index in [-0.39, 0.29) is 13.2 Å². The molecule has 0 atom stereocenters. The zero-order valence-corrected chi connectivity index (χ0v) is 10.5. The van der Waals surface area contributed by atoms with Gasteiger partial charge in [0.1, 0.15) is 5.60 Å². The molecule has 0 aliphatic heterocycles. The lowest BCUT2D eigenvalue weighted by Gasteiger charge is -2.19. The first kappa shape index (κ1) is 15.4. The Hall–Kier alpha value is -1.59. The third-order valence-corrected chi connectivity index (χ3v) is 1.40. The topological polar surface area (TPSA) is 64.6 Å². The highest BCUT2D eigenvalue weighted by molar-refractivity contribution is 5.86. The van der Waals surface area contributed by atoms with Crippen molar-refractivity contribution in [2.75, 3.05) is 13.2 Å². The molecule has 0 aliphatic carbocycles. The van der Waals surface area contributed by atoms with E-state index in [1.807, 2.05) is 0 Å². The second-order valence-corrected chi connectivity index (χ2v) is 4.16. The number of rotatable bonds is 4. The standard InChI is InChI=1S/C11H18FNO4/c1-5-16-9(14)8(12)6-7-13-10(15)17-11(2,3)4/h6H,5,7H2,1-4H3,(H,13,15)/b8-6-. The van der Waals surface area contributed by atoms with E-state index in [1.165, 1.54) is 0 Å². The molecule has 98 valence electrons. The molecule has 0 spiro atoms. The quantitative estimate of drug-likeness (QED) is 0.609. The average molecular weight is 247 g/mol. The number of alkyl carbamates (subject to hydrolysis) is 1. The van der Waals surface area contributed by atoms with Crippen LogP contribution in [0.5, 0.6) is 0 Å². The van der Waals surface area contributed by atoms with Gasteiger partial charge in [-0.15, -0.1) is 0 Å². The van der Waals surface area contributed by atoms with Crippen molar-refractivity contribution in [3.8, 4) is 0 Å². The molecule has 1 amide bonds. The minimum absolute atomic E-state index is 0.0968. The number of carbonyl (C=O) groups is 2. The second kappa shape index (κ2) is 6.88. The molecule has 0 saturated carbocycles. The van der Waals surface area contributed by atoms with E-state index in [0.29, 0.717) is 0 Å². The molecule has 17 heavy (non-hydrogen) atoms. The summed E-state index contributed by atoms with van der Waals surface area (Å²) in [6.45, 7) is 6.66. The van der Waals surface area contributed by atoms with Crippen LogP contribution in [-0.2, 0) is 14.3 Å². The van der Waals surface area contributed by atoms with Crippen molar-refractivity contribution in [2.45, 2.75) is 33.3 Å². The molecule has 0 radical (unpaired) electrons. The Morgan fingerprint density at radius 1 is 1.35 bits per heavy atom. The fraction of sp³-hybridized carbons (Fsp3) is 0.636. The Morgan fingerprint density at radius 3 is 2.41 bits per heavy atom. The first-order chi connectivity index (χ1) is 7.76. The molecule has 1 N–H and O–H groups in total. The summed E-state index contributed by atoms with van der Waals surface area (Å²) in [4.78, 5) is 22.0. The monoisotopic (exact) mass is 247 g/mol. The van der Waals surface area contributed by atoms with Gasteiger partial charge in [-0.2, -0.15) is 4.39 Å². The number of carbonyl (C=O) groups excluding carboxylic acids is 2. The average Bonchev–Trinajstić information content (AvgIpc) is 2.14. The Kier molecular flexibility index (Phi) is 6.23. The lowest BCUT2D eigenvalue weighted by molar-refractivity contribution is -0.140. The predicted octanol–water partition coefficient (Wildman–Crippen LogP) is 1.93. The highest BCUT2D eigenvalue weighted by Gasteiger charge is 2.15. The van der Waals surface area contributed by atoms with Gasteiger partial charge in [0.15, 0.2) is 0 Å². The Balaban J connectivity index is 4.01. The molecule has 0 rings (SSSR count). The van der Waals surface area contributed by atoms with E-state index in [4.69, 9.17) is 4.74 Å². The summed E-state index contributed by atoms with van der Waals surface area (Å²) >= 11 is 0. The lowest BCUT2D eigenvalue weighted by Crippen LogP contribution is -2.32. The minimum Gasteiger partial charge on any atom is -0.461 e. The molecule has 0 bridgehead atoms. The van der Waals surface area contributed by atoms with E-state index >= 15 is 0 Å². The Bertz CT molecular complexity index is 307. The molecule has 0 heterocycles. The smallest absolute Gasteiger partial charge is 0.407 e. The fourth-order valence-corrected chi connectivity index (χ4v) is 0.822. The number of halogens is 1. The van der Waals surface area contributed by atoms with Crippen LogP contribution in [0.3, 0.4) is 0 Å². The number of hydrogen-bond acceptors (Lipinski definition) is 4. The molecule has 0 aliphatic rings. The number of hydrogen-bond donors (Lipinski definition) is 1. The fourth-order valence-electron chi connectivity index (χ4n) is 0.822. The molecule has 0 aromatic carbocycles. The maximum Gasteiger partial charge on any atom is 0.407 e. The van der Waals surface area contributed by atoms with Crippen molar-refractivity contribution in [1.29, 1.82) is 0 Å². The van der Waals surface area contributed by atoms with Crippen molar-refractivity contribution in [3.05, 3.63) is 11.9 Å². The van der Waals surface area contributed by atoms with Gasteiger partial charge in [-0.05, 0) is 33.8 Å². The Labute approximate surface area is 100.0 Å². The molecule has 0 fully saturated rings. The van der Waals surface area contributed by atoms with E-state index in [1.54, 1.807) is 27.7 Å². The van der Waals surface area contributed by atoms with Gasteiger partial charge in [0, 0.05) is 6.54 Å². The third-order valence-electron chi connectivity index (χ3n) is 1.40. The molecular formula is C11H18FNO4. The van der Waals surface area contributed by atoms with Crippen LogP contribution >= 0.6 is 0 Å². The first-order valence-corrected chi connectivity index (χ1v) is 5.26. The van der Waals surface area contributed by atoms with Crippen LogP contribution in [0.1, 0.15) is 27.7 Å². The molecule has 0 saturated heterocycles. The van der Waals surface area contributed by atoms with Crippen LogP contribution < -0.4 is 5.32 Å². The second-order valence-electron chi connectivity index (χ2n) is 4.16. The number of esters is 1. The highest BCUT2D eigenvalue weighted by atomic mass is 19.1. The van der Waals surface area contributed by atoms with E-state index in [0.717, 1.165) is 6.08 Å². The third kappa shape index (κ3) is 8.24. The molecule has 0 aromatic rings. The number of amides is 1. The van der Waals surface area contributed by atoms with Crippen LogP contribution in [0.2, 0.25) is 0 Å². The van der Waals surface area contributed by atoms with Gasteiger partial charge in [0.05, 0.1) is 6.61 Å². The van der Waals surface area contributed by atoms with Crippen LogP contribution in [0.15, 0.2) is 11.9 Å². The maximum atomic E-state index is 13.0. The Morgan fingerprint density at radius 2 is 1.94 bits per heavy atom. The zero-order valence-electron chi connectivity index (χ0n) is 10.5. The van der Waals surface area contributed by atoms with Gasteiger partial charge < -0.3 is 14.8 Å². The van der Waals surface area contributed by atoms with Gasteiger partial charge >= 0.3 is 12.1 Å². The zero-order chi connectivity index (χ0) is 13.5. The summed E-state index contributed by atoms with van der Waals surface area (Å²) in [5.74, 6) is -2.08.